The van der Waals surface area contributed by atoms with Gasteiger partial charge in [-0.05, 0) is 74.7 Å². The molecule has 0 aliphatic heterocycles. The van der Waals surface area contributed by atoms with Crippen LogP contribution in [-0.4, -0.2) is 0 Å². The molecule has 0 bridgehead atoms. The van der Waals surface area contributed by atoms with Crippen LogP contribution in [0, 0.1) is 6.92 Å². The van der Waals surface area contributed by atoms with E-state index >= 15 is 0 Å². The molecule has 0 nitrogen and oxygen atoms in total. The van der Waals surface area contributed by atoms with Gasteiger partial charge in [-0.1, -0.05) is 107 Å². The molecule has 0 radical (unpaired) electrons. The Balaban J connectivity index is 1.87. The number of hydrogen-bond donors (Lipinski definition) is 0. The van der Waals surface area contributed by atoms with Gasteiger partial charge in [0.2, 0.25) is 0 Å². The van der Waals surface area contributed by atoms with Crippen LogP contribution in [0.2, 0.25) is 0 Å². The molecular weight excluding hydrogens is 440 g/mol. The van der Waals surface area contributed by atoms with Crippen molar-refractivity contribution < 1.29 is 0 Å². The van der Waals surface area contributed by atoms with E-state index in [1.54, 1.807) is 0 Å². The summed E-state index contributed by atoms with van der Waals surface area (Å²) in [6, 6.07) is 33.2. The van der Waals surface area contributed by atoms with Crippen molar-refractivity contribution in [2.24, 2.45) is 0 Å². The number of hydrogen-bond acceptors (Lipinski definition) is 0. The largest absolute Gasteiger partial charge is 0.0984 e. The molecule has 148 valence electrons. The first-order chi connectivity index (χ1) is 15.2. The van der Waals surface area contributed by atoms with Crippen molar-refractivity contribution in [3.63, 3.8) is 0 Å². The Kier molecular flexibility index (Phi) is 4.00. The second kappa shape index (κ2) is 6.67. The van der Waals surface area contributed by atoms with Crippen LogP contribution in [0.1, 0.15) is 33.4 Å². The predicted octanol–water partition coefficient (Wildman–Crippen LogP) is 8.18. The van der Waals surface area contributed by atoms with Gasteiger partial charge in [-0.2, -0.15) is 0 Å². The summed E-state index contributed by atoms with van der Waals surface area (Å²) in [6.45, 7) is 6.48. The van der Waals surface area contributed by atoms with Gasteiger partial charge in [-0.25, -0.2) is 0 Å². The second-order valence-electron chi connectivity index (χ2n) is 8.34. The molecule has 0 saturated heterocycles. The van der Waals surface area contributed by atoms with Gasteiger partial charge in [0.25, 0.3) is 0 Å². The highest BCUT2D eigenvalue weighted by Gasteiger charge is 2.53. The lowest BCUT2D eigenvalue weighted by Crippen LogP contribution is -2.27. The Morgan fingerprint density at radius 1 is 0.677 bits per heavy atom. The number of aryl methyl sites for hydroxylation is 1. The molecule has 0 atom stereocenters. The highest BCUT2D eigenvalue weighted by Crippen LogP contribution is 2.64. The van der Waals surface area contributed by atoms with Crippen molar-refractivity contribution in [1.29, 1.82) is 0 Å². The Morgan fingerprint density at radius 2 is 1.26 bits per heavy atom. The first kappa shape index (κ1) is 18.6. The highest BCUT2D eigenvalue weighted by molar-refractivity contribution is 9.10. The first-order valence-electron chi connectivity index (χ1n) is 10.6. The van der Waals surface area contributed by atoms with Gasteiger partial charge in [0, 0.05) is 4.47 Å². The molecule has 31 heavy (non-hydrogen) atoms. The molecule has 1 heteroatoms. The van der Waals surface area contributed by atoms with Crippen LogP contribution < -0.4 is 0 Å². The second-order valence-corrected chi connectivity index (χ2v) is 9.25. The Bertz CT molecular complexity index is 1370. The highest BCUT2D eigenvalue weighted by atomic mass is 79.9. The van der Waals surface area contributed by atoms with E-state index in [1.165, 1.54) is 55.7 Å². The van der Waals surface area contributed by atoms with E-state index in [1.807, 2.05) is 6.08 Å². The van der Waals surface area contributed by atoms with Crippen molar-refractivity contribution in [3.05, 3.63) is 142 Å². The van der Waals surface area contributed by atoms with E-state index in [2.05, 4.69) is 120 Å². The molecule has 4 aromatic carbocycles. The maximum Gasteiger partial charge on any atom is 0.0731 e. The lowest BCUT2D eigenvalue weighted by atomic mass is 9.67. The molecule has 0 unspecified atom stereocenters. The maximum absolute atomic E-state index is 4.27. The third-order valence-corrected chi connectivity index (χ3v) is 7.38. The van der Waals surface area contributed by atoms with Crippen LogP contribution in [-0.2, 0) is 5.41 Å². The van der Waals surface area contributed by atoms with Gasteiger partial charge in [0.05, 0.1) is 5.41 Å². The van der Waals surface area contributed by atoms with Crippen molar-refractivity contribution >= 4 is 27.1 Å². The number of rotatable bonds is 2. The third-order valence-electron chi connectivity index (χ3n) is 6.89. The average molecular weight is 461 g/mol. The number of halogens is 1. The van der Waals surface area contributed by atoms with Gasteiger partial charge < -0.3 is 0 Å². The molecule has 4 aromatic rings. The Hall–Kier alpha value is -3.16. The summed E-state index contributed by atoms with van der Waals surface area (Å²) in [5, 5.41) is 0. The minimum absolute atomic E-state index is 0.359. The van der Waals surface area contributed by atoms with Crippen LogP contribution in [0.25, 0.3) is 22.3 Å². The molecule has 0 N–H and O–H groups in total. The fourth-order valence-corrected chi connectivity index (χ4v) is 6.10. The zero-order valence-electron chi connectivity index (χ0n) is 17.3. The summed E-state index contributed by atoms with van der Waals surface area (Å²) in [5.74, 6) is 0. The number of allylic oxidation sites excluding steroid dienone is 3. The van der Waals surface area contributed by atoms with Crippen LogP contribution in [0.4, 0.5) is 0 Å². The average Bonchev–Trinajstić information content (AvgIpc) is 3.25. The topological polar surface area (TPSA) is 0 Å². The van der Waals surface area contributed by atoms with Crippen LogP contribution in [0.5, 0.6) is 0 Å². The van der Waals surface area contributed by atoms with E-state index < -0.39 is 0 Å². The van der Waals surface area contributed by atoms with Crippen molar-refractivity contribution in [2.45, 2.75) is 12.3 Å². The lowest BCUT2D eigenvalue weighted by molar-refractivity contribution is 0.840. The summed E-state index contributed by atoms with van der Waals surface area (Å²) >= 11 is 3.76. The lowest BCUT2D eigenvalue weighted by Gasteiger charge is -2.33. The minimum atomic E-state index is -0.359. The normalized spacial score (nSPS) is 15.0. The third kappa shape index (κ3) is 2.30. The van der Waals surface area contributed by atoms with Gasteiger partial charge in [-0.3, -0.25) is 0 Å². The molecule has 0 saturated carbocycles. The van der Waals surface area contributed by atoms with Gasteiger partial charge >= 0.3 is 0 Å². The maximum atomic E-state index is 4.27. The fraction of sp³-hybridized carbons (Fsp3) is 0.0667. The zero-order chi connectivity index (χ0) is 21.2. The molecule has 1 spiro atoms. The van der Waals surface area contributed by atoms with Crippen molar-refractivity contribution in [2.75, 3.05) is 0 Å². The van der Waals surface area contributed by atoms with Gasteiger partial charge in [0.1, 0.15) is 0 Å². The SMILES string of the molecule is C=CC1=C(c2ccccc2C)C2(c3cc(Br)ccc31)c1ccccc1-c1ccccc12. The summed E-state index contributed by atoms with van der Waals surface area (Å²) < 4.78 is 1.10. The molecular formula is C30H21Br. The number of fused-ring (bicyclic) bond motifs is 7. The molecule has 0 aromatic heterocycles. The Morgan fingerprint density at radius 3 is 1.87 bits per heavy atom. The minimum Gasteiger partial charge on any atom is -0.0984 e. The van der Waals surface area contributed by atoms with E-state index in [4.69, 9.17) is 0 Å². The van der Waals surface area contributed by atoms with Crippen molar-refractivity contribution in [3.8, 4) is 11.1 Å². The zero-order valence-corrected chi connectivity index (χ0v) is 18.9. The van der Waals surface area contributed by atoms with E-state index in [0.29, 0.717) is 0 Å². The fourth-order valence-electron chi connectivity index (χ4n) is 5.74. The standard InChI is InChI=1S/C30H21Br/c1-3-21-25-17-16-20(31)18-28(25)30(29(21)22-11-5-4-10-19(22)2)26-14-8-6-12-23(26)24-13-7-9-15-27(24)30/h3-18H,1H2,2H3. The van der Waals surface area contributed by atoms with E-state index in [9.17, 15) is 0 Å². The predicted molar refractivity (Wildman–Crippen MR) is 134 cm³/mol. The van der Waals surface area contributed by atoms with Crippen LogP contribution in [0.3, 0.4) is 0 Å². The molecule has 0 fully saturated rings. The summed E-state index contributed by atoms with van der Waals surface area (Å²) in [6.07, 6.45) is 2.05. The Labute approximate surface area is 191 Å². The van der Waals surface area contributed by atoms with Crippen LogP contribution in [0.15, 0.2) is 108 Å². The molecule has 6 rings (SSSR count). The van der Waals surface area contributed by atoms with Gasteiger partial charge in [0.15, 0.2) is 0 Å². The van der Waals surface area contributed by atoms with E-state index in [-0.39, 0.29) is 5.41 Å². The quantitative estimate of drug-likeness (QED) is 0.282. The molecule has 0 amide bonds. The summed E-state index contributed by atoms with van der Waals surface area (Å²) in [7, 11) is 0. The van der Waals surface area contributed by atoms with E-state index in [0.717, 1.165) is 4.47 Å². The smallest absolute Gasteiger partial charge is 0.0731 e. The molecule has 2 aliphatic rings. The molecule has 2 aliphatic carbocycles. The van der Waals surface area contributed by atoms with Crippen LogP contribution >= 0.6 is 15.9 Å². The first-order valence-corrected chi connectivity index (χ1v) is 11.4. The van der Waals surface area contributed by atoms with Gasteiger partial charge in [-0.15, -0.1) is 0 Å². The molecule has 0 heterocycles. The van der Waals surface area contributed by atoms with Crippen molar-refractivity contribution in [1.82, 2.24) is 0 Å². The number of benzene rings is 4. The summed E-state index contributed by atoms with van der Waals surface area (Å²) in [4.78, 5) is 0. The summed E-state index contributed by atoms with van der Waals surface area (Å²) in [5.41, 5.74) is 12.7. The monoisotopic (exact) mass is 460 g/mol.